The van der Waals surface area contributed by atoms with Crippen LogP contribution >= 0.6 is 11.6 Å². The minimum Gasteiger partial charge on any atom is -0.258 e. The first kappa shape index (κ1) is 7.87. The van der Waals surface area contributed by atoms with E-state index < -0.39 is 4.92 Å². The second kappa shape index (κ2) is 2.79. The predicted molar refractivity (Wildman–Crippen MR) is 38.4 cm³/mol. The van der Waals surface area contributed by atoms with Crippen LogP contribution in [0.3, 0.4) is 0 Å². The van der Waals surface area contributed by atoms with Crippen molar-refractivity contribution in [2.45, 2.75) is 6.92 Å². The summed E-state index contributed by atoms with van der Waals surface area (Å²) in [5, 5.41) is 10.2. The summed E-state index contributed by atoms with van der Waals surface area (Å²) < 4.78 is 0. The average Bonchev–Trinajstić information content (AvgIpc) is 1.85. The Morgan fingerprint density at radius 2 is 2.27 bits per heavy atom. The van der Waals surface area contributed by atoms with Crippen molar-refractivity contribution in [3.63, 3.8) is 0 Å². The molecular weight excluding hydrogens is 170 g/mol. The van der Waals surface area contributed by atoms with Gasteiger partial charge in [-0.15, -0.1) is 0 Å². The Kier molecular flexibility index (Phi) is 2.00. The van der Waals surface area contributed by atoms with Gasteiger partial charge in [0.1, 0.15) is 12.0 Å². The van der Waals surface area contributed by atoms with Crippen LogP contribution in [-0.2, 0) is 0 Å². The van der Waals surface area contributed by atoms with Crippen molar-refractivity contribution in [3.8, 4) is 0 Å². The zero-order valence-corrected chi connectivity index (χ0v) is 6.37. The minimum absolute atomic E-state index is 0.123. The molecule has 11 heavy (non-hydrogen) atoms. The first-order chi connectivity index (χ1) is 5.13. The number of hydrogen-bond acceptors (Lipinski definition) is 4. The Balaban J connectivity index is 3.32. The summed E-state index contributed by atoms with van der Waals surface area (Å²) in [6.07, 6.45) is 1.19. The summed E-state index contributed by atoms with van der Waals surface area (Å²) in [7, 11) is 0. The van der Waals surface area contributed by atoms with E-state index in [-0.39, 0.29) is 16.5 Å². The molecule has 0 aliphatic rings. The van der Waals surface area contributed by atoms with E-state index in [1.54, 1.807) is 0 Å². The van der Waals surface area contributed by atoms with Crippen molar-refractivity contribution in [1.82, 2.24) is 9.97 Å². The Morgan fingerprint density at radius 1 is 1.64 bits per heavy atom. The highest BCUT2D eigenvalue weighted by Crippen LogP contribution is 2.22. The van der Waals surface area contributed by atoms with Crippen LogP contribution in [0, 0.1) is 17.0 Å². The van der Waals surface area contributed by atoms with Crippen LogP contribution in [0.5, 0.6) is 0 Å². The van der Waals surface area contributed by atoms with Crippen molar-refractivity contribution in [2.24, 2.45) is 0 Å². The van der Waals surface area contributed by atoms with Gasteiger partial charge < -0.3 is 0 Å². The fourth-order valence-electron chi connectivity index (χ4n) is 0.645. The number of nitrogens with zero attached hydrogens (tertiary/aromatic N) is 3. The van der Waals surface area contributed by atoms with Crippen LogP contribution in [0.25, 0.3) is 0 Å². The van der Waals surface area contributed by atoms with Gasteiger partial charge in [0.25, 0.3) is 0 Å². The minimum atomic E-state index is -0.600. The molecule has 0 radical (unpaired) electrons. The molecule has 58 valence electrons. The van der Waals surface area contributed by atoms with Gasteiger partial charge in [0.15, 0.2) is 0 Å². The second-order valence-corrected chi connectivity index (χ2v) is 2.21. The van der Waals surface area contributed by atoms with Gasteiger partial charge in [-0.05, 0) is 6.92 Å². The highest BCUT2D eigenvalue weighted by molar-refractivity contribution is 6.31. The van der Waals surface area contributed by atoms with Crippen LogP contribution < -0.4 is 0 Å². The van der Waals surface area contributed by atoms with Gasteiger partial charge in [-0.3, -0.25) is 10.1 Å². The van der Waals surface area contributed by atoms with Crippen LogP contribution in [-0.4, -0.2) is 14.9 Å². The molecule has 0 aliphatic heterocycles. The maximum absolute atomic E-state index is 10.3. The monoisotopic (exact) mass is 173 g/mol. The first-order valence-electron chi connectivity index (χ1n) is 2.74. The predicted octanol–water partition coefficient (Wildman–Crippen LogP) is 1.35. The second-order valence-electron chi connectivity index (χ2n) is 1.86. The van der Waals surface area contributed by atoms with E-state index in [0.717, 1.165) is 0 Å². The molecule has 1 rings (SSSR count). The Hall–Kier alpha value is -1.23. The third-order valence-electron chi connectivity index (χ3n) is 1.14. The molecule has 1 heterocycles. The van der Waals surface area contributed by atoms with Crippen molar-refractivity contribution >= 4 is 17.3 Å². The molecule has 0 N–H and O–H groups in total. The van der Waals surface area contributed by atoms with Gasteiger partial charge in [-0.2, -0.15) is 0 Å². The van der Waals surface area contributed by atoms with Crippen molar-refractivity contribution in [1.29, 1.82) is 0 Å². The maximum Gasteiger partial charge on any atom is 0.327 e. The summed E-state index contributed by atoms with van der Waals surface area (Å²) in [5.41, 5.74) is 0.0455. The molecule has 6 heteroatoms. The molecule has 1 aromatic rings. The molecule has 0 atom stereocenters. The molecular formula is C5H4ClN3O2. The fraction of sp³-hybridized carbons (Fsp3) is 0.200. The first-order valence-corrected chi connectivity index (χ1v) is 3.12. The normalized spacial score (nSPS) is 9.64. The largest absolute Gasteiger partial charge is 0.327 e. The number of nitro groups is 1. The lowest BCUT2D eigenvalue weighted by molar-refractivity contribution is -0.385. The third-order valence-corrected chi connectivity index (χ3v) is 1.42. The van der Waals surface area contributed by atoms with Gasteiger partial charge in [-0.1, -0.05) is 11.6 Å². The number of rotatable bonds is 1. The van der Waals surface area contributed by atoms with Gasteiger partial charge in [-0.25, -0.2) is 9.97 Å². The average molecular weight is 174 g/mol. The molecule has 0 saturated carbocycles. The lowest BCUT2D eigenvalue weighted by atomic mass is 10.4. The van der Waals surface area contributed by atoms with E-state index in [2.05, 4.69) is 9.97 Å². The number of halogens is 1. The Labute approximate surface area is 67.2 Å². The smallest absolute Gasteiger partial charge is 0.258 e. The van der Waals surface area contributed by atoms with E-state index in [0.29, 0.717) is 0 Å². The van der Waals surface area contributed by atoms with Gasteiger partial charge in [0.2, 0.25) is 5.15 Å². The van der Waals surface area contributed by atoms with Gasteiger partial charge in [0.05, 0.1) is 4.92 Å². The summed E-state index contributed by atoms with van der Waals surface area (Å²) in [6, 6.07) is 0. The van der Waals surface area contributed by atoms with Crippen LogP contribution in [0.15, 0.2) is 6.33 Å². The fourth-order valence-corrected chi connectivity index (χ4v) is 0.895. The molecule has 5 nitrogen and oxygen atoms in total. The summed E-state index contributed by atoms with van der Waals surface area (Å²) >= 11 is 5.43. The summed E-state index contributed by atoms with van der Waals surface area (Å²) in [5.74, 6) is 0. The topological polar surface area (TPSA) is 68.9 Å². The quantitative estimate of drug-likeness (QED) is 0.365. The van der Waals surface area contributed by atoms with Crippen molar-refractivity contribution in [3.05, 3.63) is 27.3 Å². The van der Waals surface area contributed by atoms with Crippen molar-refractivity contribution < 1.29 is 4.92 Å². The van der Waals surface area contributed by atoms with Crippen LogP contribution in [0.1, 0.15) is 5.69 Å². The maximum atomic E-state index is 10.3. The van der Waals surface area contributed by atoms with E-state index >= 15 is 0 Å². The highest BCUT2D eigenvalue weighted by Gasteiger charge is 2.17. The lowest BCUT2D eigenvalue weighted by Crippen LogP contribution is -1.96. The van der Waals surface area contributed by atoms with E-state index in [1.807, 2.05) is 0 Å². The Morgan fingerprint density at radius 3 is 2.64 bits per heavy atom. The molecule has 0 spiro atoms. The molecule has 0 aromatic carbocycles. The van der Waals surface area contributed by atoms with Gasteiger partial charge in [0, 0.05) is 0 Å². The molecule has 0 saturated heterocycles. The number of aromatic nitrogens is 2. The van der Waals surface area contributed by atoms with E-state index in [4.69, 9.17) is 11.6 Å². The van der Waals surface area contributed by atoms with Crippen LogP contribution in [0.2, 0.25) is 5.15 Å². The molecule has 1 aromatic heterocycles. The zero-order valence-electron chi connectivity index (χ0n) is 5.61. The molecule has 0 bridgehead atoms. The van der Waals surface area contributed by atoms with E-state index in [1.165, 1.54) is 13.3 Å². The SMILES string of the molecule is Cc1ncnc(Cl)c1[N+](=O)[O-]. The molecule has 0 fully saturated rings. The number of hydrogen-bond donors (Lipinski definition) is 0. The zero-order chi connectivity index (χ0) is 8.43. The standard InChI is InChI=1S/C5H4ClN3O2/c1-3-4(9(10)11)5(6)8-2-7-3/h2H,1H3. The van der Waals surface area contributed by atoms with E-state index in [9.17, 15) is 10.1 Å². The lowest BCUT2D eigenvalue weighted by Gasteiger charge is -1.94. The number of aryl methyl sites for hydroxylation is 1. The Bertz CT molecular complexity index is 282. The molecule has 0 aliphatic carbocycles. The highest BCUT2D eigenvalue weighted by atomic mass is 35.5. The van der Waals surface area contributed by atoms with Crippen molar-refractivity contribution in [2.75, 3.05) is 0 Å². The van der Waals surface area contributed by atoms with Crippen LogP contribution in [0.4, 0.5) is 5.69 Å². The summed E-state index contributed by atoms with van der Waals surface area (Å²) in [6.45, 7) is 1.51. The molecule has 0 amide bonds. The molecule has 0 unspecified atom stereocenters. The summed E-state index contributed by atoms with van der Waals surface area (Å²) in [4.78, 5) is 16.8. The third kappa shape index (κ3) is 1.43. The van der Waals surface area contributed by atoms with Gasteiger partial charge >= 0.3 is 5.69 Å².